The minimum absolute atomic E-state index is 0.167. The number of anilines is 2. The fourth-order valence-electron chi connectivity index (χ4n) is 2.77. The molecule has 0 aliphatic heterocycles. The summed E-state index contributed by atoms with van der Waals surface area (Å²) in [5.74, 6) is 0.426. The highest BCUT2D eigenvalue weighted by atomic mass is 16.1. The maximum Gasteiger partial charge on any atom is 0.260 e. The molecular formula is C20H15N3O. The van der Waals surface area contributed by atoms with Crippen LogP contribution in [0.3, 0.4) is 0 Å². The molecule has 2 N–H and O–H groups in total. The van der Waals surface area contributed by atoms with Crippen LogP contribution in [-0.2, 0) is 0 Å². The van der Waals surface area contributed by atoms with E-state index in [-0.39, 0.29) is 5.56 Å². The highest BCUT2D eigenvalue weighted by Crippen LogP contribution is 2.26. The van der Waals surface area contributed by atoms with Crippen molar-refractivity contribution in [3.63, 3.8) is 0 Å². The number of aromatic amines is 1. The van der Waals surface area contributed by atoms with Crippen molar-refractivity contribution in [2.75, 3.05) is 5.32 Å². The summed E-state index contributed by atoms with van der Waals surface area (Å²) >= 11 is 0. The molecule has 4 rings (SSSR count). The average molecular weight is 313 g/mol. The Morgan fingerprint density at radius 3 is 2.38 bits per heavy atom. The Morgan fingerprint density at radius 1 is 0.792 bits per heavy atom. The van der Waals surface area contributed by atoms with E-state index in [2.05, 4.69) is 15.3 Å². The Bertz CT molecular complexity index is 1050. The zero-order chi connectivity index (χ0) is 16.4. The molecule has 0 spiro atoms. The van der Waals surface area contributed by atoms with Crippen LogP contribution in [0.15, 0.2) is 83.8 Å². The fraction of sp³-hybridized carbons (Fsp3) is 0. The minimum atomic E-state index is -0.167. The predicted octanol–water partition coefficient (Wildman–Crippen LogP) is 4.33. The van der Waals surface area contributed by atoms with Crippen molar-refractivity contribution in [3.8, 4) is 11.1 Å². The topological polar surface area (TPSA) is 57.8 Å². The predicted molar refractivity (Wildman–Crippen MR) is 97.5 cm³/mol. The molecule has 0 fully saturated rings. The second kappa shape index (κ2) is 6.01. The lowest BCUT2D eigenvalue weighted by molar-refractivity contribution is 1.13. The number of H-pyrrole nitrogens is 1. The molecule has 0 aliphatic rings. The Balaban J connectivity index is 1.76. The molecule has 1 heterocycles. The number of nitrogens with zero attached hydrogens (tertiary/aromatic N) is 1. The lowest BCUT2D eigenvalue weighted by atomic mass is 10.0. The van der Waals surface area contributed by atoms with Crippen LogP contribution in [0.4, 0.5) is 11.6 Å². The van der Waals surface area contributed by atoms with Crippen LogP contribution in [0.2, 0.25) is 0 Å². The van der Waals surface area contributed by atoms with E-state index < -0.39 is 0 Å². The Kier molecular flexibility index (Phi) is 3.56. The van der Waals surface area contributed by atoms with Gasteiger partial charge in [-0.3, -0.25) is 9.78 Å². The van der Waals surface area contributed by atoms with Crippen LogP contribution in [0, 0.1) is 0 Å². The molecule has 0 aliphatic carbocycles. The zero-order valence-electron chi connectivity index (χ0n) is 12.9. The van der Waals surface area contributed by atoms with Crippen molar-refractivity contribution >= 4 is 22.4 Å². The molecule has 0 saturated carbocycles. The summed E-state index contributed by atoms with van der Waals surface area (Å²) in [5.41, 5.74) is 2.15. The number of hydrogen-bond acceptors (Lipinski definition) is 3. The van der Waals surface area contributed by atoms with Gasteiger partial charge in [0.05, 0.1) is 5.56 Å². The largest absolute Gasteiger partial charge is 0.326 e. The summed E-state index contributed by atoms with van der Waals surface area (Å²) in [6.07, 6.45) is 1.62. The van der Waals surface area contributed by atoms with Crippen LogP contribution >= 0.6 is 0 Å². The molecule has 0 radical (unpaired) electrons. The second-order valence-corrected chi connectivity index (χ2v) is 5.49. The lowest BCUT2D eigenvalue weighted by Crippen LogP contribution is -2.12. The van der Waals surface area contributed by atoms with E-state index in [9.17, 15) is 4.79 Å². The SMILES string of the molecule is O=c1[nH]c(Nc2ccccc2)ncc1-c1cccc2ccccc12. The molecule has 24 heavy (non-hydrogen) atoms. The Morgan fingerprint density at radius 2 is 1.54 bits per heavy atom. The molecule has 0 unspecified atom stereocenters. The van der Waals surface area contributed by atoms with E-state index in [4.69, 9.17) is 0 Å². The molecule has 0 saturated heterocycles. The number of rotatable bonds is 3. The zero-order valence-corrected chi connectivity index (χ0v) is 12.9. The average Bonchev–Trinajstić information content (AvgIpc) is 2.62. The van der Waals surface area contributed by atoms with Crippen molar-refractivity contribution in [1.29, 1.82) is 0 Å². The van der Waals surface area contributed by atoms with Crippen LogP contribution in [0.25, 0.3) is 21.9 Å². The Hall–Kier alpha value is -3.40. The van der Waals surface area contributed by atoms with Gasteiger partial charge in [0, 0.05) is 11.9 Å². The monoisotopic (exact) mass is 313 g/mol. The summed E-state index contributed by atoms with van der Waals surface area (Å²) in [4.78, 5) is 19.7. The Labute approximate surface area is 138 Å². The molecule has 0 amide bonds. The summed E-state index contributed by atoms with van der Waals surface area (Å²) in [7, 11) is 0. The molecule has 0 atom stereocenters. The smallest absolute Gasteiger partial charge is 0.260 e. The third kappa shape index (κ3) is 2.65. The van der Waals surface area contributed by atoms with E-state index in [1.54, 1.807) is 6.20 Å². The molecule has 116 valence electrons. The van der Waals surface area contributed by atoms with Crippen LogP contribution < -0.4 is 10.9 Å². The quantitative estimate of drug-likeness (QED) is 0.592. The number of para-hydroxylation sites is 1. The van der Waals surface area contributed by atoms with Crippen molar-refractivity contribution < 1.29 is 0 Å². The first-order chi connectivity index (χ1) is 11.8. The lowest BCUT2D eigenvalue weighted by Gasteiger charge is -2.08. The number of aromatic nitrogens is 2. The molecule has 1 aromatic heterocycles. The highest BCUT2D eigenvalue weighted by Gasteiger charge is 2.09. The van der Waals surface area contributed by atoms with Gasteiger partial charge in [0.2, 0.25) is 5.95 Å². The summed E-state index contributed by atoms with van der Waals surface area (Å²) < 4.78 is 0. The summed E-state index contributed by atoms with van der Waals surface area (Å²) in [6.45, 7) is 0. The first-order valence-electron chi connectivity index (χ1n) is 7.71. The van der Waals surface area contributed by atoms with Gasteiger partial charge in [0.25, 0.3) is 5.56 Å². The van der Waals surface area contributed by atoms with Crippen molar-refractivity contribution in [2.45, 2.75) is 0 Å². The number of benzene rings is 3. The van der Waals surface area contributed by atoms with E-state index in [1.807, 2.05) is 72.8 Å². The maximum atomic E-state index is 12.5. The van der Waals surface area contributed by atoms with Crippen LogP contribution in [0.1, 0.15) is 0 Å². The van der Waals surface area contributed by atoms with Crippen molar-refractivity contribution in [2.24, 2.45) is 0 Å². The first kappa shape index (κ1) is 14.2. The van der Waals surface area contributed by atoms with E-state index in [1.165, 1.54) is 0 Å². The van der Waals surface area contributed by atoms with Gasteiger partial charge in [0.15, 0.2) is 0 Å². The van der Waals surface area contributed by atoms with Gasteiger partial charge in [-0.05, 0) is 28.5 Å². The highest BCUT2D eigenvalue weighted by molar-refractivity contribution is 5.96. The standard InChI is InChI=1S/C20H15N3O/c24-19-18(17-12-6-8-14-7-4-5-11-16(14)17)13-21-20(23-19)22-15-9-2-1-3-10-15/h1-13H,(H2,21,22,23,24). The van der Waals surface area contributed by atoms with Crippen LogP contribution in [-0.4, -0.2) is 9.97 Å². The molecular weight excluding hydrogens is 298 g/mol. The molecule has 4 nitrogen and oxygen atoms in total. The van der Waals surface area contributed by atoms with Gasteiger partial charge in [-0.1, -0.05) is 60.7 Å². The van der Waals surface area contributed by atoms with Gasteiger partial charge < -0.3 is 5.32 Å². The van der Waals surface area contributed by atoms with Crippen LogP contribution in [0.5, 0.6) is 0 Å². The van der Waals surface area contributed by atoms with Gasteiger partial charge in [-0.2, -0.15) is 0 Å². The second-order valence-electron chi connectivity index (χ2n) is 5.49. The molecule has 0 bridgehead atoms. The molecule has 4 heteroatoms. The normalized spacial score (nSPS) is 10.7. The van der Waals surface area contributed by atoms with E-state index in [0.717, 1.165) is 22.0 Å². The van der Waals surface area contributed by atoms with E-state index >= 15 is 0 Å². The minimum Gasteiger partial charge on any atom is -0.326 e. The van der Waals surface area contributed by atoms with Gasteiger partial charge in [-0.25, -0.2) is 4.98 Å². The molecule has 4 aromatic rings. The van der Waals surface area contributed by atoms with Crippen molar-refractivity contribution in [3.05, 3.63) is 89.3 Å². The summed E-state index contributed by atoms with van der Waals surface area (Å²) in [5, 5.41) is 5.23. The fourth-order valence-corrected chi connectivity index (χ4v) is 2.77. The number of hydrogen-bond donors (Lipinski definition) is 2. The number of nitrogens with one attached hydrogen (secondary N) is 2. The third-order valence-corrected chi connectivity index (χ3v) is 3.92. The summed E-state index contributed by atoms with van der Waals surface area (Å²) in [6, 6.07) is 23.5. The maximum absolute atomic E-state index is 12.5. The third-order valence-electron chi connectivity index (χ3n) is 3.92. The first-order valence-corrected chi connectivity index (χ1v) is 7.71. The van der Waals surface area contributed by atoms with Gasteiger partial charge in [0.1, 0.15) is 0 Å². The number of fused-ring (bicyclic) bond motifs is 1. The van der Waals surface area contributed by atoms with Gasteiger partial charge >= 0.3 is 0 Å². The molecule has 3 aromatic carbocycles. The van der Waals surface area contributed by atoms with E-state index in [0.29, 0.717) is 11.5 Å². The van der Waals surface area contributed by atoms with Crippen molar-refractivity contribution in [1.82, 2.24) is 9.97 Å². The van der Waals surface area contributed by atoms with Gasteiger partial charge in [-0.15, -0.1) is 0 Å².